The van der Waals surface area contributed by atoms with Gasteiger partial charge in [0.15, 0.2) is 6.29 Å². The van der Waals surface area contributed by atoms with Crippen molar-refractivity contribution in [1.29, 1.82) is 0 Å². The fourth-order valence-corrected chi connectivity index (χ4v) is 5.21. The van der Waals surface area contributed by atoms with Crippen LogP contribution < -0.4 is 0 Å². The Labute approximate surface area is 218 Å². The van der Waals surface area contributed by atoms with Crippen LogP contribution in [0.2, 0.25) is 0 Å². The first-order chi connectivity index (χ1) is 16.2. The zero-order valence-electron chi connectivity index (χ0n) is 21.5. The van der Waals surface area contributed by atoms with E-state index in [9.17, 15) is 14.4 Å². The second-order valence-electron chi connectivity index (χ2n) is 8.63. The van der Waals surface area contributed by atoms with E-state index in [1.54, 1.807) is 13.8 Å². The molecule has 0 aliphatic carbocycles. The van der Waals surface area contributed by atoms with Gasteiger partial charge in [-0.05, 0) is 20.8 Å². The molecule has 0 aliphatic heterocycles. The molecule has 0 fully saturated rings. The number of aldehydes is 1. The SMILES string of the molecule is Cc1nc(C(C)C)sc1C(=O)O.Cc1nc(C(C)C)sc1C(=O)O.Cc1nc(C(C)C)sc1C=O. The number of carbonyl (C=O) groups excluding carboxylic acids is 1. The molecule has 0 aliphatic rings. The number of carboxylic acid groups (broad SMARTS) is 2. The first-order valence-electron chi connectivity index (χ1n) is 11.0. The highest BCUT2D eigenvalue weighted by Gasteiger charge is 2.16. The number of aromatic carboxylic acids is 2. The number of aryl methyl sites for hydroxylation is 3. The molecule has 35 heavy (non-hydrogen) atoms. The Morgan fingerprint density at radius 3 is 1.14 bits per heavy atom. The fourth-order valence-electron chi connectivity index (χ4n) is 2.51. The van der Waals surface area contributed by atoms with Gasteiger partial charge in [0.2, 0.25) is 0 Å². The highest BCUT2D eigenvalue weighted by molar-refractivity contribution is 7.14. The molecule has 2 N–H and O–H groups in total. The lowest BCUT2D eigenvalue weighted by Gasteiger charge is -1.94. The molecule has 0 saturated carbocycles. The first kappa shape index (κ1) is 30.5. The van der Waals surface area contributed by atoms with Gasteiger partial charge in [0, 0.05) is 17.8 Å². The Bertz CT molecular complexity index is 1100. The minimum Gasteiger partial charge on any atom is -0.477 e. The van der Waals surface area contributed by atoms with Crippen LogP contribution in [0.25, 0.3) is 0 Å². The topological polar surface area (TPSA) is 130 Å². The second-order valence-corrected chi connectivity index (χ2v) is 11.8. The molecular formula is C24H33N3O5S3. The van der Waals surface area contributed by atoms with Crippen LogP contribution in [0.4, 0.5) is 0 Å². The lowest BCUT2D eigenvalue weighted by molar-refractivity contribution is 0.0690. The van der Waals surface area contributed by atoms with E-state index in [4.69, 9.17) is 10.2 Å². The molecule has 3 aromatic heterocycles. The molecule has 0 radical (unpaired) electrons. The quantitative estimate of drug-likeness (QED) is 0.322. The summed E-state index contributed by atoms with van der Waals surface area (Å²) in [7, 11) is 0. The summed E-state index contributed by atoms with van der Waals surface area (Å²) >= 11 is 4.02. The molecular weight excluding hydrogens is 506 g/mol. The summed E-state index contributed by atoms with van der Waals surface area (Å²) in [6.07, 6.45) is 0.874. The van der Waals surface area contributed by atoms with Crippen molar-refractivity contribution in [3.63, 3.8) is 0 Å². The lowest BCUT2D eigenvalue weighted by atomic mass is 10.2. The van der Waals surface area contributed by atoms with Gasteiger partial charge in [-0.1, -0.05) is 41.5 Å². The maximum absolute atomic E-state index is 10.6. The summed E-state index contributed by atoms with van der Waals surface area (Å²) < 4.78 is 0. The van der Waals surface area contributed by atoms with Crippen LogP contribution in [0.1, 0.15) is 120 Å². The predicted octanol–water partition coefficient (Wildman–Crippen LogP) is 6.93. The highest BCUT2D eigenvalue weighted by atomic mass is 32.1. The predicted molar refractivity (Wildman–Crippen MR) is 142 cm³/mol. The van der Waals surface area contributed by atoms with Gasteiger partial charge in [-0.3, -0.25) is 4.79 Å². The summed E-state index contributed by atoms with van der Waals surface area (Å²) in [4.78, 5) is 45.8. The smallest absolute Gasteiger partial charge is 0.347 e. The summed E-state index contributed by atoms with van der Waals surface area (Å²) in [5.41, 5.74) is 2.10. The molecule has 0 spiro atoms. The standard InChI is InChI=1S/2C8H11NO2S.C8H11NOS/c2*1-4(2)7-9-5(3)6(12-7)8(10)11;1-5(2)8-9-6(3)7(4-10)11-8/h2*4H,1-3H3,(H,10,11);4-5H,1-3H3. The van der Waals surface area contributed by atoms with Crippen LogP contribution in [0.5, 0.6) is 0 Å². The van der Waals surface area contributed by atoms with Gasteiger partial charge in [-0.25, -0.2) is 24.5 Å². The van der Waals surface area contributed by atoms with E-state index in [0.717, 1.165) is 31.9 Å². The van der Waals surface area contributed by atoms with Gasteiger partial charge < -0.3 is 10.2 Å². The number of carbonyl (C=O) groups is 3. The zero-order chi connectivity index (χ0) is 27.0. The number of hydrogen-bond acceptors (Lipinski definition) is 9. The molecule has 192 valence electrons. The Hall–Kier alpha value is -2.50. The number of rotatable bonds is 6. The number of carboxylic acids is 2. The number of hydrogen-bond donors (Lipinski definition) is 2. The minimum atomic E-state index is -0.878. The summed E-state index contributed by atoms with van der Waals surface area (Å²) in [5, 5.41) is 20.3. The maximum Gasteiger partial charge on any atom is 0.347 e. The fraction of sp³-hybridized carbons (Fsp3) is 0.500. The van der Waals surface area contributed by atoms with Gasteiger partial charge in [-0.15, -0.1) is 34.0 Å². The summed E-state index contributed by atoms with van der Waals surface area (Å²) in [6.45, 7) is 17.5. The minimum absolute atomic E-state index is 0.307. The van der Waals surface area contributed by atoms with Crippen LogP contribution in [-0.2, 0) is 0 Å². The van der Waals surface area contributed by atoms with E-state index in [1.165, 1.54) is 34.0 Å². The molecule has 8 nitrogen and oxygen atoms in total. The average Bonchev–Trinajstić information content (AvgIpc) is 3.45. The van der Waals surface area contributed by atoms with Gasteiger partial charge in [-0.2, -0.15) is 0 Å². The monoisotopic (exact) mass is 539 g/mol. The van der Waals surface area contributed by atoms with Crippen molar-refractivity contribution < 1.29 is 24.6 Å². The van der Waals surface area contributed by atoms with E-state index in [-0.39, 0.29) is 0 Å². The van der Waals surface area contributed by atoms with Crippen molar-refractivity contribution in [3.8, 4) is 0 Å². The molecule has 0 saturated heterocycles. The van der Waals surface area contributed by atoms with E-state index in [2.05, 4.69) is 28.8 Å². The van der Waals surface area contributed by atoms with Crippen molar-refractivity contribution in [2.24, 2.45) is 0 Å². The number of thiazole rings is 3. The Balaban J connectivity index is 0.000000263. The Kier molecular flexibility index (Phi) is 11.8. The summed E-state index contributed by atoms with van der Waals surface area (Å²) in [5.74, 6) is -0.718. The lowest BCUT2D eigenvalue weighted by Crippen LogP contribution is -1.94. The van der Waals surface area contributed by atoms with E-state index >= 15 is 0 Å². The van der Waals surface area contributed by atoms with Gasteiger partial charge in [0.1, 0.15) is 9.75 Å². The largest absolute Gasteiger partial charge is 0.477 e. The normalized spacial score (nSPS) is 10.6. The van der Waals surface area contributed by atoms with Crippen LogP contribution in [0.15, 0.2) is 0 Å². The van der Waals surface area contributed by atoms with Gasteiger partial charge >= 0.3 is 11.9 Å². The van der Waals surface area contributed by atoms with Crippen molar-refractivity contribution in [1.82, 2.24) is 15.0 Å². The molecule has 0 bridgehead atoms. The molecule has 3 rings (SSSR count). The second kappa shape index (κ2) is 13.6. The maximum atomic E-state index is 10.6. The average molecular weight is 540 g/mol. The molecule has 0 atom stereocenters. The number of aromatic nitrogens is 3. The van der Waals surface area contributed by atoms with Gasteiger partial charge in [0.05, 0.1) is 37.0 Å². The summed E-state index contributed by atoms with van der Waals surface area (Å²) in [6, 6.07) is 0. The molecule has 0 unspecified atom stereocenters. The van der Waals surface area contributed by atoms with Gasteiger partial charge in [0.25, 0.3) is 0 Å². The van der Waals surface area contributed by atoms with Crippen LogP contribution in [0.3, 0.4) is 0 Å². The highest BCUT2D eigenvalue weighted by Crippen LogP contribution is 2.25. The molecule has 11 heteroatoms. The molecule has 3 aromatic rings. The zero-order valence-corrected chi connectivity index (χ0v) is 23.9. The van der Waals surface area contributed by atoms with Crippen molar-refractivity contribution in [2.45, 2.75) is 80.1 Å². The van der Waals surface area contributed by atoms with Crippen molar-refractivity contribution in [2.75, 3.05) is 0 Å². The molecule has 0 aromatic carbocycles. The van der Waals surface area contributed by atoms with Crippen LogP contribution in [0, 0.1) is 20.8 Å². The third-order valence-corrected chi connectivity index (χ3v) is 8.73. The Morgan fingerprint density at radius 2 is 0.971 bits per heavy atom. The Morgan fingerprint density at radius 1 is 0.657 bits per heavy atom. The number of nitrogens with zero attached hydrogens (tertiary/aromatic N) is 3. The third-order valence-electron chi connectivity index (χ3n) is 4.45. The molecule has 0 amide bonds. The van der Waals surface area contributed by atoms with E-state index in [1.807, 2.05) is 34.6 Å². The van der Waals surface area contributed by atoms with Crippen molar-refractivity contribution in [3.05, 3.63) is 46.7 Å². The third kappa shape index (κ3) is 8.90. The van der Waals surface area contributed by atoms with E-state index in [0.29, 0.717) is 38.9 Å². The van der Waals surface area contributed by atoms with Crippen molar-refractivity contribution >= 4 is 52.2 Å². The van der Waals surface area contributed by atoms with Crippen LogP contribution in [-0.4, -0.2) is 43.4 Å². The molecule has 3 heterocycles. The van der Waals surface area contributed by atoms with Crippen LogP contribution >= 0.6 is 34.0 Å². The first-order valence-corrected chi connectivity index (χ1v) is 13.5. The van der Waals surface area contributed by atoms with E-state index < -0.39 is 11.9 Å².